The van der Waals surface area contributed by atoms with Crippen molar-refractivity contribution in [1.29, 1.82) is 0 Å². The molecule has 4 rings (SSSR count). The predicted octanol–water partition coefficient (Wildman–Crippen LogP) is 4.15. The van der Waals surface area contributed by atoms with E-state index in [9.17, 15) is 23.2 Å². The molecule has 0 aromatic heterocycles. The molecule has 0 saturated heterocycles. The number of hydrogen-bond donors (Lipinski definition) is 2. The molecule has 1 unspecified atom stereocenters. The van der Waals surface area contributed by atoms with Crippen LogP contribution in [0.3, 0.4) is 0 Å². The number of fused-ring (bicyclic) bond motifs is 1. The van der Waals surface area contributed by atoms with Crippen LogP contribution in [-0.2, 0) is 38.8 Å². The Kier molecular flexibility index (Phi) is 8.02. The Labute approximate surface area is 210 Å². The summed E-state index contributed by atoms with van der Waals surface area (Å²) in [6, 6.07) is 22.3. The molecule has 0 fully saturated rings. The molecule has 8 nitrogen and oxygen atoms in total. The third-order valence-electron chi connectivity index (χ3n) is 6.19. The molecule has 3 aromatic carbocycles. The summed E-state index contributed by atoms with van der Waals surface area (Å²) in [5.74, 6) is -0.546. The van der Waals surface area contributed by atoms with Gasteiger partial charge in [-0.1, -0.05) is 66.7 Å². The van der Waals surface area contributed by atoms with Gasteiger partial charge in [0.25, 0.3) is 0 Å². The summed E-state index contributed by atoms with van der Waals surface area (Å²) in [7, 11) is -3.63. The maximum Gasteiger partial charge on any atom is 0.411 e. The van der Waals surface area contributed by atoms with Crippen LogP contribution in [0, 0.1) is 5.92 Å². The van der Waals surface area contributed by atoms with Gasteiger partial charge >= 0.3 is 6.09 Å². The van der Waals surface area contributed by atoms with Gasteiger partial charge in [0.1, 0.15) is 6.61 Å². The van der Waals surface area contributed by atoms with E-state index < -0.39 is 27.7 Å². The number of carbonyl (C=O) groups is 2. The van der Waals surface area contributed by atoms with Gasteiger partial charge in [-0.25, -0.2) is 18.3 Å². The van der Waals surface area contributed by atoms with Crippen LogP contribution in [0.4, 0.5) is 10.5 Å². The molecule has 2 amide bonds. The van der Waals surface area contributed by atoms with Crippen molar-refractivity contribution in [2.75, 3.05) is 16.8 Å². The monoisotopic (exact) mass is 508 g/mol. The lowest BCUT2D eigenvalue weighted by molar-refractivity contribution is -0.158. The lowest BCUT2D eigenvalue weighted by atomic mass is 10.1. The predicted molar refractivity (Wildman–Crippen MR) is 135 cm³/mol. The van der Waals surface area contributed by atoms with Crippen LogP contribution in [0.1, 0.15) is 28.3 Å². The number of sulfone groups is 1. The second-order valence-electron chi connectivity index (χ2n) is 8.93. The van der Waals surface area contributed by atoms with E-state index in [1.165, 1.54) is 6.07 Å². The summed E-state index contributed by atoms with van der Waals surface area (Å²) >= 11 is 0. The summed E-state index contributed by atoms with van der Waals surface area (Å²) in [4.78, 5) is 23.6. The number of ether oxygens (including phenoxy) is 1. The van der Waals surface area contributed by atoms with E-state index in [-0.39, 0.29) is 24.7 Å². The summed E-state index contributed by atoms with van der Waals surface area (Å²) < 4.78 is 31.4. The lowest BCUT2D eigenvalue weighted by Crippen LogP contribution is -2.32. The summed E-state index contributed by atoms with van der Waals surface area (Å²) in [6.07, 6.45) is 0.861. The number of carbonyl (C=O) groups excluding carboxylic acids is 2. The molecule has 1 atom stereocenters. The number of hydrogen-bond acceptors (Lipinski definition) is 6. The minimum absolute atomic E-state index is 0.0470. The molecule has 0 saturated carbocycles. The highest BCUT2D eigenvalue weighted by molar-refractivity contribution is 7.91. The number of amides is 2. The third-order valence-corrected chi connectivity index (χ3v) is 8.00. The molecule has 2 N–H and O–H groups in total. The van der Waals surface area contributed by atoms with Crippen molar-refractivity contribution in [3.8, 4) is 0 Å². The zero-order chi connectivity index (χ0) is 25.5. The third kappa shape index (κ3) is 6.71. The van der Waals surface area contributed by atoms with Crippen molar-refractivity contribution >= 4 is 28.0 Å². The molecule has 9 heteroatoms. The van der Waals surface area contributed by atoms with E-state index in [0.717, 1.165) is 16.7 Å². The van der Waals surface area contributed by atoms with Gasteiger partial charge in [0.2, 0.25) is 6.41 Å². The smallest absolute Gasteiger partial charge is 0.411 e. The Balaban J connectivity index is 1.41. The quantitative estimate of drug-likeness (QED) is 0.242. The van der Waals surface area contributed by atoms with Crippen LogP contribution in [0.25, 0.3) is 0 Å². The second-order valence-corrected chi connectivity index (χ2v) is 11.1. The van der Waals surface area contributed by atoms with Crippen molar-refractivity contribution < 1.29 is 28.0 Å². The molecule has 1 aliphatic rings. The van der Waals surface area contributed by atoms with Crippen molar-refractivity contribution in [1.82, 2.24) is 5.06 Å². The first-order valence-electron chi connectivity index (χ1n) is 11.6. The zero-order valence-electron chi connectivity index (χ0n) is 19.6. The largest absolute Gasteiger partial charge is 0.444 e. The van der Waals surface area contributed by atoms with Gasteiger partial charge in [-0.3, -0.25) is 15.3 Å². The second kappa shape index (κ2) is 11.4. The highest BCUT2D eigenvalue weighted by Crippen LogP contribution is 2.29. The van der Waals surface area contributed by atoms with Gasteiger partial charge in [0, 0.05) is 5.69 Å². The van der Waals surface area contributed by atoms with Crippen LogP contribution in [-0.4, -0.2) is 42.7 Å². The molecule has 36 heavy (non-hydrogen) atoms. The first-order valence-corrected chi connectivity index (χ1v) is 13.4. The molecule has 3 aromatic rings. The average molecular weight is 509 g/mol. The Morgan fingerprint density at radius 3 is 2.36 bits per heavy atom. The van der Waals surface area contributed by atoms with Gasteiger partial charge < -0.3 is 4.74 Å². The van der Waals surface area contributed by atoms with E-state index >= 15 is 0 Å². The maximum absolute atomic E-state index is 13.1. The average Bonchev–Trinajstić information content (AvgIpc) is 3.28. The van der Waals surface area contributed by atoms with Crippen molar-refractivity contribution in [3.63, 3.8) is 0 Å². The minimum Gasteiger partial charge on any atom is -0.444 e. The first kappa shape index (κ1) is 25.4. The standard InChI is InChI=1S/C27H28N2O6S/c30-19-29(32)26(18-36(33,34)17-21-13-22-9-4-5-10-23(22)14-21)24-11-6-12-25(15-24)28-27(31)35-16-20-7-2-1-3-8-20/h1-12,15,19,21,26,32H,13-14,16-18H2,(H,28,31). The van der Waals surface area contributed by atoms with Gasteiger partial charge in [0.15, 0.2) is 9.84 Å². The highest BCUT2D eigenvalue weighted by Gasteiger charge is 2.30. The number of nitrogens with zero attached hydrogens (tertiary/aromatic N) is 1. The van der Waals surface area contributed by atoms with Crippen LogP contribution >= 0.6 is 0 Å². The number of benzene rings is 3. The number of anilines is 1. The molecular weight excluding hydrogens is 480 g/mol. The van der Waals surface area contributed by atoms with Crippen molar-refractivity contribution in [2.45, 2.75) is 25.5 Å². The molecule has 0 spiro atoms. The molecule has 0 heterocycles. The number of hydroxylamine groups is 2. The van der Waals surface area contributed by atoms with Crippen LogP contribution in [0.15, 0.2) is 78.9 Å². The molecule has 0 aliphatic heterocycles. The molecule has 0 bridgehead atoms. The van der Waals surface area contributed by atoms with Crippen LogP contribution < -0.4 is 5.32 Å². The van der Waals surface area contributed by atoms with E-state index in [2.05, 4.69) is 5.32 Å². The Bertz CT molecular complexity index is 1290. The Morgan fingerprint density at radius 2 is 1.69 bits per heavy atom. The summed E-state index contributed by atoms with van der Waals surface area (Å²) in [5, 5.41) is 13.2. The van der Waals surface area contributed by atoms with E-state index in [1.54, 1.807) is 18.2 Å². The number of nitrogens with one attached hydrogen (secondary N) is 1. The highest BCUT2D eigenvalue weighted by atomic mass is 32.2. The Morgan fingerprint density at radius 1 is 1.03 bits per heavy atom. The van der Waals surface area contributed by atoms with E-state index in [4.69, 9.17) is 4.74 Å². The fourth-order valence-electron chi connectivity index (χ4n) is 4.54. The maximum atomic E-state index is 13.1. The first-order chi connectivity index (χ1) is 17.3. The van der Waals surface area contributed by atoms with Gasteiger partial charge in [-0.15, -0.1) is 0 Å². The number of rotatable bonds is 10. The normalized spacial score (nSPS) is 14.0. The van der Waals surface area contributed by atoms with Crippen molar-refractivity contribution in [2.24, 2.45) is 5.92 Å². The van der Waals surface area contributed by atoms with E-state index in [0.29, 0.717) is 29.2 Å². The van der Waals surface area contributed by atoms with Gasteiger partial charge in [0.05, 0.1) is 17.5 Å². The lowest BCUT2D eigenvalue weighted by Gasteiger charge is -2.24. The molecule has 188 valence electrons. The van der Waals surface area contributed by atoms with Gasteiger partial charge in [-0.05, 0) is 53.1 Å². The zero-order valence-corrected chi connectivity index (χ0v) is 20.4. The SMILES string of the molecule is O=CN(O)C(CS(=O)(=O)CC1Cc2ccccc2C1)c1cccc(NC(=O)OCc2ccccc2)c1. The summed E-state index contributed by atoms with van der Waals surface area (Å²) in [6.45, 7) is 0.0911. The molecular formula is C27H28N2O6S. The fourth-order valence-corrected chi connectivity index (χ4v) is 6.45. The molecule has 1 aliphatic carbocycles. The van der Waals surface area contributed by atoms with Crippen LogP contribution in [0.5, 0.6) is 0 Å². The summed E-state index contributed by atoms with van der Waals surface area (Å²) in [5.41, 5.74) is 3.86. The molecule has 0 radical (unpaired) electrons. The topological polar surface area (TPSA) is 113 Å². The van der Waals surface area contributed by atoms with Crippen molar-refractivity contribution in [3.05, 3.63) is 101 Å². The van der Waals surface area contributed by atoms with Crippen LogP contribution in [0.2, 0.25) is 0 Å². The minimum atomic E-state index is -3.63. The van der Waals surface area contributed by atoms with Gasteiger partial charge in [-0.2, -0.15) is 0 Å². The Hall–Kier alpha value is -3.69. The van der Waals surface area contributed by atoms with E-state index in [1.807, 2.05) is 54.6 Å². The fraction of sp³-hybridized carbons (Fsp3) is 0.259.